The molecular formula is C14H20N4. The number of rotatable bonds is 5. The summed E-state index contributed by atoms with van der Waals surface area (Å²) in [4.78, 5) is 8.65. The third kappa shape index (κ3) is 2.43. The molecule has 2 rings (SSSR count). The van der Waals surface area contributed by atoms with E-state index in [0.29, 0.717) is 0 Å². The van der Waals surface area contributed by atoms with Crippen molar-refractivity contribution in [2.45, 2.75) is 32.9 Å². The predicted octanol–water partition coefficient (Wildman–Crippen LogP) is 2.31. The molecule has 0 bridgehead atoms. The summed E-state index contributed by atoms with van der Waals surface area (Å²) in [5, 5.41) is 3.35. The van der Waals surface area contributed by atoms with Crippen molar-refractivity contribution in [3.63, 3.8) is 0 Å². The van der Waals surface area contributed by atoms with Crippen LogP contribution < -0.4 is 5.32 Å². The van der Waals surface area contributed by atoms with Gasteiger partial charge in [0.05, 0.1) is 6.04 Å². The van der Waals surface area contributed by atoms with Gasteiger partial charge in [-0.15, -0.1) is 0 Å². The predicted molar refractivity (Wildman–Crippen MR) is 72.4 cm³/mol. The number of hydrogen-bond donors (Lipinski definition) is 1. The van der Waals surface area contributed by atoms with Gasteiger partial charge in [0, 0.05) is 31.3 Å². The Bertz CT molecular complexity index is 504. The second-order valence-electron chi connectivity index (χ2n) is 4.43. The molecule has 1 unspecified atom stereocenters. The van der Waals surface area contributed by atoms with Gasteiger partial charge in [-0.25, -0.2) is 4.98 Å². The molecule has 0 amide bonds. The topological polar surface area (TPSA) is 42.7 Å². The second-order valence-corrected chi connectivity index (χ2v) is 4.43. The molecule has 4 heteroatoms. The zero-order valence-electron chi connectivity index (χ0n) is 11.2. The fourth-order valence-electron chi connectivity index (χ4n) is 2.24. The lowest BCUT2D eigenvalue weighted by Crippen LogP contribution is -2.23. The normalized spacial score (nSPS) is 12.6. The first kappa shape index (κ1) is 12.8. The molecule has 0 aliphatic heterocycles. The van der Waals surface area contributed by atoms with E-state index in [1.807, 2.05) is 31.8 Å². The van der Waals surface area contributed by atoms with E-state index in [1.165, 1.54) is 11.1 Å². The molecule has 2 aromatic heterocycles. The highest BCUT2D eigenvalue weighted by molar-refractivity contribution is 5.30. The summed E-state index contributed by atoms with van der Waals surface area (Å²) in [6.45, 7) is 5.26. The molecule has 1 atom stereocenters. The van der Waals surface area contributed by atoms with Crippen LogP contribution in [0, 0.1) is 6.92 Å². The van der Waals surface area contributed by atoms with Gasteiger partial charge in [0.2, 0.25) is 0 Å². The van der Waals surface area contributed by atoms with Crippen molar-refractivity contribution in [1.82, 2.24) is 19.9 Å². The Kier molecular flexibility index (Phi) is 4.10. The maximum Gasteiger partial charge on any atom is 0.130 e. The van der Waals surface area contributed by atoms with Crippen LogP contribution in [0.2, 0.25) is 0 Å². The molecule has 2 heterocycles. The summed E-state index contributed by atoms with van der Waals surface area (Å²) in [6.07, 6.45) is 8.74. The molecule has 18 heavy (non-hydrogen) atoms. The Morgan fingerprint density at radius 3 is 2.89 bits per heavy atom. The van der Waals surface area contributed by atoms with E-state index in [4.69, 9.17) is 0 Å². The van der Waals surface area contributed by atoms with Crippen molar-refractivity contribution in [1.29, 1.82) is 0 Å². The first-order valence-corrected chi connectivity index (χ1v) is 6.36. The van der Waals surface area contributed by atoms with Crippen molar-refractivity contribution in [2.24, 2.45) is 0 Å². The van der Waals surface area contributed by atoms with Crippen LogP contribution >= 0.6 is 0 Å². The molecule has 0 aromatic carbocycles. The number of nitrogens with one attached hydrogen (secondary N) is 1. The van der Waals surface area contributed by atoms with E-state index in [9.17, 15) is 0 Å². The zero-order chi connectivity index (χ0) is 13.0. The minimum Gasteiger partial charge on any atom is -0.333 e. The number of pyridine rings is 1. The van der Waals surface area contributed by atoms with Crippen LogP contribution in [0.4, 0.5) is 0 Å². The molecule has 0 saturated heterocycles. The molecule has 0 aliphatic rings. The number of hydrogen-bond acceptors (Lipinski definition) is 3. The minimum absolute atomic E-state index is 0.120. The number of nitrogens with zero attached hydrogens (tertiary/aromatic N) is 3. The Hall–Kier alpha value is -1.68. The average Bonchev–Trinajstić information content (AvgIpc) is 2.82. The Morgan fingerprint density at radius 2 is 2.22 bits per heavy atom. The molecule has 0 spiro atoms. The van der Waals surface area contributed by atoms with Crippen molar-refractivity contribution in [3.8, 4) is 0 Å². The maximum atomic E-state index is 4.50. The Balaban J connectivity index is 2.39. The average molecular weight is 244 g/mol. The van der Waals surface area contributed by atoms with Gasteiger partial charge in [0.1, 0.15) is 5.82 Å². The fraction of sp³-hybridized carbons (Fsp3) is 0.429. The van der Waals surface area contributed by atoms with Crippen LogP contribution in [0.5, 0.6) is 0 Å². The smallest absolute Gasteiger partial charge is 0.130 e. The molecule has 0 saturated carbocycles. The van der Waals surface area contributed by atoms with Gasteiger partial charge >= 0.3 is 0 Å². The molecule has 0 aliphatic carbocycles. The lowest BCUT2D eigenvalue weighted by atomic mass is 10.0. The summed E-state index contributed by atoms with van der Waals surface area (Å²) in [6, 6.07) is 2.18. The minimum atomic E-state index is 0.120. The lowest BCUT2D eigenvalue weighted by molar-refractivity contribution is 0.566. The van der Waals surface area contributed by atoms with Crippen LogP contribution in [0.1, 0.15) is 36.3 Å². The van der Waals surface area contributed by atoms with Gasteiger partial charge in [0.15, 0.2) is 0 Å². The van der Waals surface area contributed by atoms with Gasteiger partial charge in [-0.1, -0.05) is 6.92 Å². The summed E-state index contributed by atoms with van der Waals surface area (Å²) in [5.41, 5.74) is 2.42. The maximum absolute atomic E-state index is 4.50. The lowest BCUT2D eigenvalue weighted by Gasteiger charge is -2.19. The van der Waals surface area contributed by atoms with Crippen LogP contribution in [-0.4, -0.2) is 21.6 Å². The molecule has 96 valence electrons. The van der Waals surface area contributed by atoms with Crippen LogP contribution in [-0.2, 0) is 6.54 Å². The number of aryl methyl sites for hydroxylation is 2. The van der Waals surface area contributed by atoms with Gasteiger partial charge in [-0.2, -0.15) is 0 Å². The van der Waals surface area contributed by atoms with Crippen molar-refractivity contribution >= 4 is 0 Å². The van der Waals surface area contributed by atoms with Gasteiger partial charge in [0.25, 0.3) is 0 Å². The van der Waals surface area contributed by atoms with E-state index in [-0.39, 0.29) is 6.04 Å². The first-order valence-electron chi connectivity index (χ1n) is 6.36. The second kappa shape index (κ2) is 5.78. The van der Waals surface area contributed by atoms with Crippen molar-refractivity contribution < 1.29 is 0 Å². The molecule has 4 nitrogen and oxygen atoms in total. The molecule has 0 fully saturated rings. The van der Waals surface area contributed by atoms with Gasteiger partial charge < -0.3 is 9.88 Å². The standard InChI is InChI=1S/C14H20N4/c1-4-8-18-9-7-17-14(18)13(15-3)12-5-6-16-10-11(12)2/h5-7,9-10,13,15H,4,8H2,1-3H3. The zero-order valence-corrected chi connectivity index (χ0v) is 11.2. The van der Waals surface area contributed by atoms with Crippen LogP contribution in [0.3, 0.4) is 0 Å². The Morgan fingerprint density at radius 1 is 1.39 bits per heavy atom. The van der Waals surface area contributed by atoms with Crippen LogP contribution in [0.25, 0.3) is 0 Å². The molecule has 2 aromatic rings. The highest BCUT2D eigenvalue weighted by Gasteiger charge is 2.18. The summed E-state index contributed by atoms with van der Waals surface area (Å²) in [5.74, 6) is 1.06. The number of aromatic nitrogens is 3. The third-order valence-electron chi connectivity index (χ3n) is 3.13. The van der Waals surface area contributed by atoms with E-state index in [0.717, 1.165) is 18.8 Å². The third-order valence-corrected chi connectivity index (χ3v) is 3.13. The Labute approximate surface area is 108 Å². The SMILES string of the molecule is CCCn1ccnc1C(NC)c1ccncc1C. The van der Waals surface area contributed by atoms with Crippen molar-refractivity contribution in [2.75, 3.05) is 7.05 Å². The molecular weight excluding hydrogens is 224 g/mol. The quantitative estimate of drug-likeness (QED) is 0.877. The van der Waals surface area contributed by atoms with E-state index < -0.39 is 0 Å². The summed E-state index contributed by atoms with van der Waals surface area (Å²) in [7, 11) is 1.97. The summed E-state index contributed by atoms with van der Waals surface area (Å²) >= 11 is 0. The molecule has 0 radical (unpaired) electrons. The number of imidazole rings is 1. The highest BCUT2D eigenvalue weighted by atomic mass is 15.1. The van der Waals surface area contributed by atoms with Gasteiger partial charge in [-0.3, -0.25) is 4.98 Å². The van der Waals surface area contributed by atoms with E-state index >= 15 is 0 Å². The van der Waals surface area contributed by atoms with Gasteiger partial charge in [-0.05, 0) is 37.6 Å². The fourth-order valence-corrected chi connectivity index (χ4v) is 2.24. The summed E-state index contributed by atoms with van der Waals surface area (Å²) < 4.78 is 2.21. The largest absolute Gasteiger partial charge is 0.333 e. The van der Waals surface area contributed by atoms with Crippen molar-refractivity contribution in [3.05, 3.63) is 47.8 Å². The monoisotopic (exact) mass is 244 g/mol. The first-order chi connectivity index (χ1) is 8.77. The molecule has 1 N–H and O–H groups in total. The van der Waals surface area contributed by atoms with Crippen LogP contribution in [0.15, 0.2) is 30.9 Å². The highest BCUT2D eigenvalue weighted by Crippen LogP contribution is 2.22. The van der Waals surface area contributed by atoms with E-state index in [1.54, 1.807) is 0 Å². The van der Waals surface area contributed by atoms with E-state index in [2.05, 4.69) is 39.8 Å².